The fourth-order valence-corrected chi connectivity index (χ4v) is 4.19. The number of imidazole rings is 1. The Morgan fingerprint density at radius 3 is 2.26 bits per heavy atom. The standard InChI is InChI=1S/C22H29FN6O2/c1-15(2)13-29-18(24-20-19(29)21(30)26(4)22(31)25(20)3)14-27-9-11-28(12-10-27)17-7-5-16(23)6-8-17/h5-8,15H,9-14H2,1-4H3. The first kappa shape index (κ1) is 21.3. The van der Waals surface area contributed by atoms with Crippen LogP contribution in [0.5, 0.6) is 0 Å². The molecule has 0 amide bonds. The summed E-state index contributed by atoms with van der Waals surface area (Å²) in [6.45, 7) is 8.79. The Morgan fingerprint density at radius 1 is 1.00 bits per heavy atom. The highest BCUT2D eigenvalue weighted by Crippen LogP contribution is 2.19. The second-order valence-electron chi connectivity index (χ2n) is 8.65. The van der Waals surface area contributed by atoms with Gasteiger partial charge in [-0.2, -0.15) is 0 Å². The van der Waals surface area contributed by atoms with Crippen molar-refractivity contribution in [3.05, 3.63) is 56.7 Å². The topological polar surface area (TPSA) is 68.3 Å². The summed E-state index contributed by atoms with van der Waals surface area (Å²) in [6, 6.07) is 6.59. The Kier molecular flexibility index (Phi) is 5.70. The fourth-order valence-electron chi connectivity index (χ4n) is 4.19. The molecule has 1 saturated heterocycles. The average molecular weight is 429 g/mol. The van der Waals surface area contributed by atoms with Crippen LogP contribution in [0.15, 0.2) is 33.9 Å². The number of rotatable bonds is 5. The number of aromatic nitrogens is 4. The van der Waals surface area contributed by atoms with Crippen molar-refractivity contribution in [2.45, 2.75) is 26.9 Å². The fraction of sp³-hybridized carbons (Fsp3) is 0.500. The van der Waals surface area contributed by atoms with E-state index in [1.807, 2.05) is 16.7 Å². The van der Waals surface area contributed by atoms with Gasteiger partial charge in [0.15, 0.2) is 11.2 Å². The van der Waals surface area contributed by atoms with Gasteiger partial charge < -0.3 is 9.47 Å². The maximum Gasteiger partial charge on any atom is 0.332 e. The van der Waals surface area contributed by atoms with Gasteiger partial charge in [-0.3, -0.25) is 18.8 Å². The van der Waals surface area contributed by atoms with Crippen molar-refractivity contribution in [2.75, 3.05) is 31.1 Å². The van der Waals surface area contributed by atoms with Crippen molar-refractivity contribution in [1.82, 2.24) is 23.6 Å². The number of anilines is 1. The monoisotopic (exact) mass is 428 g/mol. The van der Waals surface area contributed by atoms with E-state index in [9.17, 15) is 14.0 Å². The van der Waals surface area contributed by atoms with Gasteiger partial charge in [0.05, 0.1) is 6.54 Å². The largest absolute Gasteiger partial charge is 0.369 e. The molecule has 1 fully saturated rings. The summed E-state index contributed by atoms with van der Waals surface area (Å²) in [4.78, 5) is 34.5. The van der Waals surface area contributed by atoms with Crippen LogP contribution < -0.4 is 16.1 Å². The smallest absolute Gasteiger partial charge is 0.332 e. The highest BCUT2D eigenvalue weighted by Gasteiger charge is 2.23. The molecule has 3 aromatic rings. The first-order valence-corrected chi connectivity index (χ1v) is 10.6. The zero-order valence-corrected chi connectivity index (χ0v) is 18.5. The normalized spacial score (nSPS) is 15.4. The van der Waals surface area contributed by atoms with Crippen molar-refractivity contribution < 1.29 is 4.39 Å². The molecule has 2 aromatic heterocycles. The Bertz CT molecular complexity index is 1200. The van der Waals surface area contributed by atoms with Gasteiger partial charge in [-0.15, -0.1) is 0 Å². The predicted octanol–water partition coefficient (Wildman–Crippen LogP) is 1.55. The molecule has 1 aliphatic rings. The lowest BCUT2D eigenvalue weighted by atomic mass is 10.2. The van der Waals surface area contributed by atoms with E-state index >= 15 is 0 Å². The van der Waals surface area contributed by atoms with E-state index in [0.717, 1.165) is 42.3 Å². The molecule has 0 aliphatic carbocycles. The minimum absolute atomic E-state index is 0.230. The summed E-state index contributed by atoms with van der Waals surface area (Å²) in [7, 11) is 3.16. The molecule has 0 atom stereocenters. The lowest BCUT2D eigenvalue weighted by Crippen LogP contribution is -2.46. The van der Waals surface area contributed by atoms with Crippen molar-refractivity contribution >= 4 is 16.9 Å². The molecule has 4 rings (SSSR count). The Morgan fingerprint density at radius 2 is 1.65 bits per heavy atom. The van der Waals surface area contributed by atoms with Crippen molar-refractivity contribution in [1.29, 1.82) is 0 Å². The van der Waals surface area contributed by atoms with E-state index in [0.29, 0.717) is 30.2 Å². The molecule has 3 heterocycles. The molecule has 166 valence electrons. The average Bonchev–Trinajstić information content (AvgIpc) is 3.09. The second kappa shape index (κ2) is 8.30. The van der Waals surface area contributed by atoms with E-state index < -0.39 is 0 Å². The van der Waals surface area contributed by atoms with Crippen molar-refractivity contribution in [2.24, 2.45) is 20.0 Å². The molecule has 1 aromatic carbocycles. The summed E-state index contributed by atoms with van der Waals surface area (Å²) >= 11 is 0. The Hall–Kier alpha value is -2.94. The first-order valence-electron chi connectivity index (χ1n) is 10.6. The van der Waals surface area contributed by atoms with Crippen molar-refractivity contribution in [3.8, 4) is 0 Å². The van der Waals surface area contributed by atoms with E-state index in [4.69, 9.17) is 4.98 Å². The Labute approximate surface area is 180 Å². The predicted molar refractivity (Wildman–Crippen MR) is 119 cm³/mol. The van der Waals surface area contributed by atoms with Gasteiger partial charge in [-0.1, -0.05) is 13.8 Å². The van der Waals surface area contributed by atoms with Gasteiger partial charge in [-0.25, -0.2) is 14.2 Å². The molecule has 0 radical (unpaired) electrons. The minimum Gasteiger partial charge on any atom is -0.369 e. The van der Waals surface area contributed by atoms with Crippen LogP contribution in [-0.2, 0) is 27.2 Å². The Balaban J connectivity index is 1.60. The van der Waals surface area contributed by atoms with Crippen LogP contribution >= 0.6 is 0 Å². The molecule has 0 spiro atoms. The second-order valence-corrected chi connectivity index (χ2v) is 8.65. The summed E-state index contributed by atoms with van der Waals surface area (Å²) in [5.41, 5.74) is 1.27. The summed E-state index contributed by atoms with van der Waals surface area (Å²) in [6.07, 6.45) is 0. The van der Waals surface area contributed by atoms with E-state index in [1.165, 1.54) is 23.7 Å². The number of hydrogen-bond acceptors (Lipinski definition) is 5. The highest BCUT2D eigenvalue weighted by atomic mass is 19.1. The van der Waals surface area contributed by atoms with Crippen LogP contribution in [0.4, 0.5) is 10.1 Å². The van der Waals surface area contributed by atoms with Gasteiger partial charge in [0.1, 0.15) is 11.6 Å². The van der Waals surface area contributed by atoms with Crippen LogP contribution in [0.2, 0.25) is 0 Å². The molecule has 31 heavy (non-hydrogen) atoms. The maximum absolute atomic E-state index is 13.2. The van der Waals surface area contributed by atoms with Gasteiger partial charge in [-0.05, 0) is 30.2 Å². The molecule has 0 N–H and O–H groups in total. The van der Waals surface area contributed by atoms with Gasteiger partial charge in [0.25, 0.3) is 5.56 Å². The summed E-state index contributed by atoms with van der Waals surface area (Å²) in [5, 5.41) is 0. The molecule has 0 saturated carbocycles. The molecule has 8 nitrogen and oxygen atoms in total. The van der Waals surface area contributed by atoms with Crippen LogP contribution in [0.1, 0.15) is 19.7 Å². The lowest BCUT2D eigenvalue weighted by Gasteiger charge is -2.36. The van der Waals surface area contributed by atoms with Gasteiger partial charge in [0.2, 0.25) is 0 Å². The first-order chi connectivity index (χ1) is 14.8. The highest BCUT2D eigenvalue weighted by molar-refractivity contribution is 5.71. The number of nitrogens with zero attached hydrogens (tertiary/aromatic N) is 6. The molecular formula is C22H29FN6O2. The number of aryl methyl sites for hydroxylation is 1. The molecule has 0 unspecified atom stereocenters. The third-order valence-corrected chi connectivity index (χ3v) is 5.90. The van der Waals surface area contributed by atoms with E-state index in [1.54, 1.807) is 7.05 Å². The van der Waals surface area contributed by atoms with Crippen LogP contribution in [0, 0.1) is 11.7 Å². The zero-order chi connectivity index (χ0) is 22.3. The van der Waals surface area contributed by atoms with Crippen LogP contribution in [-0.4, -0.2) is 49.8 Å². The van der Waals surface area contributed by atoms with Crippen LogP contribution in [0.3, 0.4) is 0 Å². The number of hydrogen-bond donors (Lipinski definition) is 0. The van der Waals surface area contributed by atoms with Gasteiger partial charge >= 0.3 is 5.69 Å². The van der Waals surface area contributed by atoms with Crippen LogP contribution in [0.25, 0.3) is 11.2 Å². The molecule has 9 heteroatoms. The zero-order valence-electron chi connectivity index (χ0n) is 18.5. The quantitative estimate of drug-likeness (QED) is 0.617. The van der Waals surface area contributed by atoms with Crippen molar-refractivity contribution in [3.63, 3.8) is 0 Å². The van der Waals surface area contributed by atoms with E-state index in [-0.39, 0.29) is 17.1 Å². The minimum atomic E-state index is -0.369. The van der Waals surface area contributed by atoms with Gasteiger partial charge in [0, 0.05) is 52.5 Å². The SMILES string of the molecule is CC(C)Cn1c(CN2CCN(c3ccc(F)cc3)CC2)nc2c1c(=O)n(C)c(=O)n2C. The summed E-state index contributed by atoms with van der Waals surface area (Å²) < 4.78 is 17.8. The lowest BCUT2D eigenvalue weighted by molar-refractivity contribution is 0.240. The molecular weight excluding hydrogens is 399 g/mol. The summed E-state index contributed by atoms with van der Waals surface area (Å²) in [5.74, 6) is 0.901. The number of benzene rings is 1. The third kappa shape index (κ3) is 4.01. The molecule has 0 bridgehead atoms. The number of halogens is 1. The maximum atomic E-state index is 13.2. The van der Waals surface area contributed by atoms with E-state index in [2.05, 4.69) is 23.6 Å². The number of piperazine rings is 1. The molecule has 1 aliphatic heterocycles. The third-order valence-electron chi connectivity index (χ3n) is 5.90. The number of fused-ring (bicyclic) bond motifs is 1.